The van der Waals surface area contributed by atoms with Gasteiger partial charge in [0, 0.05) is 11.3 Å². The Morgan fingerprint density at radius 3 is 1.28 bits per heavy atom. The molecule has 0 atom stereocenters. The summed E-state index contributed by atoms with van der Waals surface area (Å²) in [5.41, 5.74) is 24.0. The third-order valence-corrected chi connectivity index (χ3v) is 14.6. The van der Waals surface area contributed by atoms with Gasteiger partial charge in [-0.1, -0.05) is 108 Å². The molecule has 5 saturated carbocycles. The quantitative estimate of drug-likeness (QED) is 0.148. The molecule has 7 aliphatic carbocycles. The number of fused-ring (bicyclic) bond motifs is 4. The molecule has 4 aromatic carbocycles. The number of aryl methyl sites for hydroxylation is 4. The number of carbonyl (C=O) groups excluding carboxylic acids is 2. The number of amides is 2. The van der Waals surface area contributed by atoms with E-state index in [1.54, 1.807) is 22.3 Å². The molecule has 2 amide bonds. The molecule has 4 aromatic rings. The van der Waals surface area contributed by atoms with Gasteiger partial charge in [0.15, 0.2) is 0 Å². The largest absolute Gasteiger partial charge is 0.668 e. The molecule has 0 radical (unpaired) electrons. The normalized spacial score (nSPS) is 22.7. The SMILES string of the molecule is C[Si](C)=[Ti].C[Si](C)=[Ti].Cc1cc2cc3c(cc2[cH-]1)CC(C)(C)C3.Cc1cc2cc3c(cc2[cH-]1)CCC3.[CH3-].[CH3-].[CH3-].[CH3-].[NH-]C(=O)C12CC3CC(CC(C3)C1)C2.[NH-]C(=O)C1CCCCCCCCCCC1. The molecule has 0 spiro atoms. The van der Waals surface area contributed by atoms with Crippen LogP contribution in [0.25, 0.3) is 33.0 Å². The van der Waals surface area contributed by atoms with Gasteiger partial charge in [-0.15, -0.1) is 69.1 Å². The Labute approximate surface area is 443 Å². The summed E-state index contributed by atoms with van der Waals surface area (Å²) in [5, 5.41) is 5.70. The van der Waals surface area contributed by atoms with Gasteiger partial charge >= 0.3 is 76.9 Å². The van der Waals surface area contributed by atoms with Crippen LogP contribution in [0.1, 0.15) is 163 Å². The number of nitrogens with one attached hydrogen (secondary N) is 2. The minimum absolute atomic E-state index is 0. The topological polar surface area (TPSA) is 81.7 Å². The zero-order valence-electron chi connectivity index (χ0n) is 45.3. The van der Waals surface area contributed by atoms with Crippen molar-refractivity contribution in [3.63, 3.8) is 0 Å². The molecule has 8 heteroatoms. The summed E-state index contributed by atoms with van der Waals surface area (Å²) < 4.78 is 0. The van der Waals surface area contributed by atoms with E-state index in [-0.39, 0.29) is 65.2 Å². The summed E-state index contributed by atoms with van der Waals surface area (Å²) in [6.45, 7) is 18.1. The molecule has 68 heavy (non-hydrogen) atoms. The van der Waals surface area contributed by atoms with Gasteiger partial charge in [0.25, 0.3) is 0 Å². The first-order valence-electron chi connectivity index (χ1n) is 25.2. The van der Waals surface area contributed by atoms with Crippen LogP contribution in [0.2, 0.25) is 26.2 Å². The van der Waals surface area contributed by atoms with Crippen molar-refractivity contribution in [3.05, 3.63) is 123 Å². The maximum absolute atomic E-state index is 11.4. The molecule has 5 fully saturated rings. The van der Waals surface area contributed by atoms with Gasteiger partial charge in [0.05, 0.1) is 11.8 Å². The van der Waals surface area contributed by atoms with Crippen molar-refractivity contribution in [2.75, 3.05) is 0 Å². The Balaban J connectivity index is 0.000000423. The third kappa shape index (κ3) is 20.2. The van der Waals surface area contributed by atoms with Gasteiger partial charge in [-0.2, -0.15) is 12.1 Å². The first-order chi connectivity index (χ1) is 30.3. The minimum Gasteiger partial charge on any atom is -0.668 e. The average Bonchev–Trinajstić information content (AvgIpc) is 3.95. The van der Waals surface area contributed by atoms with E-state index in [4.69, 9.17) is 11.5 Å². The van der Waals surface area contributed by atoms with E-state index in [0.717, 1.165) is 62.7 Å². The smallest absolute Gasteiger partial charge is 0.0550 e. The maximum Gasteiger partial charge on any atom is 0.0550 e. The molecule has 0 heterocycles. The second-order valence-corrected chi connectivity index (χ2v) is 35.7. The maximum atomic E-state index is 11.4. The molecule has 4 nitrogen and oxygen atoms in total. The minimum atomic E-state index is -0.327. The molecular formula is C60H94N2O2Si2Ti2-8. The Bertz CT molecular complexity index is 2040. The van der Waals surface area contributed by atoms with Crippen LogP contribution in [0.3, 0.4) is 0 Å². The van der Waals surface area contributed by atoms with Gasteiger partial charge < -0.3 is 50.8 Å². The molecule has 380 valence electrons. The van der Waals surface area contributed by atoms with Crippen LogP contribution in [0.4, 0.5) is 0 Å². The van der Waals surface area contributed by atoms with E-state index in [2.05, 4.69) is 141 Å². The van der Waals surface area contributed by atoms with Crippen LogP contribution >= 0.6 is 0 Å². The Morgan fingerprint density at radius 1 is 0.559 bits per heavy atom. The second kappa shape index (κ2) is 30.5. The summed E-state index contributed by atoms with van der Waals surface area (Å²) in [5.74, 6) is 1.84. The molecule has 7 aliphatic rings. The number of carbonyl (C=O) groups is 2. The van der Waals surface area contributed by atoms with Crippen molar-refractivity contribution in [2.24, 2.45) is 34.5 Å². The Hall–Kier alpha value is -1.54. The van der Waals surface area contributed by atoms with Gasteiger partial charge in [-0.05, 0) is 107 Å². The van der Waals surface area contributed by atoms with Crippen molar-refractivity contribution < 1.29 is 47.9 Å². The third-order valence-electron chi connectivity index (χ3n) is 14.6. The fraction of sp³-hybridized carbons (Fsp3) is 0.600. The van der Waals surface area contributed by atoms with Gasteiger partial charge in [-0.25, -0.2) is 0 Å². The predicted molar refractivity (Wildman–Crippen MR) is 296 cm³/mol. The fourth-order valence-electron chi connectivity index (χ4n) is 12.2. The summed E-state index contributed by atoms with van der Waals surface area (Å²) >= 11 is 4.54. The second-order valence-electron chi connectivity index (χ2n) is 22.3. The number of hydrogen-bond donors (Lipinski definition) is 0. The van der Waals surface area contributed by atoms with Crippen LogP contribution < -0.4 is 0 Å². The zero-order chi connectivity index (χ0) is 46.6. The van der Waals surface area contributed by atoms with E-state index in [1.165, 1.54) is 129 Å². The molecule has 11 rings (SSSR count). The first-order valence-corrected chi connectivity index (χ1v) is 34.9. The van der Waals surface area contributed by atoms with E-state index in [1.807, 2.05) is 0 Å². The molecule has 0 aliphatic heterocycles. The molecule has 0 saturated heterocycles. The van der Waals surface area contributed by atoms with Crippen molar-refractivity contribution in [1.82, 2.24) is 0 Å². The van der Waals surface area contributed by atoms with Gasteiger partial charge in [-0.3, -0.25) is 0 Å². The van der Waals surface area contributed by atoms with Crippen LogP contribution in [-0.4, -0.2) is 24.2 Å². The molecule has 0 unspecified atom stereocenters. The standard InChI is InChI=1S/C15H17.C13H25NO.C13H13.C11H17NO.2C2H6Si.4CH3.2Ti/c1-10-4-11-6-13-8-15(2,3)9-14(13)7-12(11)5-10;14-13(15)12-10-8-6-4-2-1-3-5-7-9-11-12;1-9-5-12-7-10-3-2-4-11(10)8-13(12)6-9;12-10(13)11-4-7-1-8(5-11)3-9(2-7)6-11;2*1-3-2;;;;;;/h4-7H,8-9H2,1-3H3;12H,1-11H2,(H2,14,15);5-8H,2-4H2,1H3;7-9H,1-6H2,(H2,12,13);2*1-2H3;4*1H3;;/q-1;;-1;;;;4*-1;;/p-2. The first kappa shape index (κ1) is 64.5. The van der Waals surface area contributed by atoms with Crippen LogP contribution in [0, 0.1) is 78.1 Å². The summed E-state index contributed by atoms with van der Waals surface area (Å²) in [6.07, 6.45) is 27.3. The summed E-state index contributed by atoms with van der Waals surface area (Å²) in [4.78, 5) is 22.4. The fourth-order valence-corrected chi connectivity index (χ4v) is 12.2. The van der Waals surface area contributed by atoms with E-state index < -0.39 is 0 Å². The monoisotopic (exact) mass is 1030 g/mol. The average molecular weight is 1030 g/mol. The Morgan fingerprint density at radius 2 is 0.897 bits per heavy atom. The van der Waals surface area contributed by atoms with Gasteiger partial charge in [0.2, 0.25) is 0 Å². The van der Waals surface area contributed by atoms with E-state index in [9.17, 15) is 9.59 Å². The van der Waals surface area contributed by atoms with Crippen LogP contribution in [0.15, 0.2) is 48.5 Å². The number of rotatable bonds is 2. The van der Waals surface area contributed by atoms with Crippen LogP contribution in [-0.2, 0) is 73.6 Å². The van der Waals surface area contributed by atoms with E-state index >= 15 is 0 Å². The van der Waals surface area contributed by atoms with Gasteiger partial charge in [0.1, 0.15) is 0 Å². The summed E-state index contributed by atoms with van der Waals surface area (Å²) in [7, 11) is 0. The van der Waals surface area contributed by atoms with Crippen molar-refractivity contribution >= 4 is 45.7 Å². The van der Waals surface area contributed by atoms with Crippen molar-refractivity contribution in [1.29, 1.82) is 0 Å². The number of benzene rings is 2. The molecule has 2 N–H and O–H groups in total. The zero-order valence-corrected chi connectivity index (χ0v) is 50.4. The number of hydrogen-bond acceptors (Lipinski definition) is 2. The Kier molecular flexibility index (Phi) is 28.9. The van der Waals surface area contributed by atoms with Crippen LogP contribution in [0.5, 0.6) is 0 Å². The van der Waals surface area contributed by atoms with Crippen molar-refractivity contribution in [2.45, 2.75) is 195 Å². The molecule has 4 bridgehead atoms. The summed E-state index contributed by atoms with van der Waals surface area (Å²) in [6, 6.07) is 18.7. The van der Waals surface area contributed by atoms with Crippen molar-refractivity contribution in [3.8, 4) is 0 Å². The molecule has 0 aromatic heterocycles. The predicted octanol–water partition coefficient (Wildman–Crippen LogP) is 18.0. The molecular weight excluding hydrogens is 933 g/mol. The van der Waals surface area contributed by atoms with E-state index in [0.29, 0.717) is 5.41 Å².